The van der Waals surface area contributed by atoms with Gasteiger partial charge in [-0.3, -0.25) is 0 Å². The number of esters is 1. The zero-order valence-electron chi connectivity index (χ0n) is 11.8. The highest BCUT2D eigenvalue weighted by Crippen LogP contribution is 2.29. The fourth-order valence-corrected chi connectivity index (χ4v) is 2.36. The van der Waals surface area contributed by atoms with E-state index in [4.69, 9.17) is 4.74 Å². The Labute approximate surface area is 113 Å². The maximum absolute atomic E-state index is 11.8. The smallest absolute Gasteiger partial charge is 0.354 e. The summed E-state index contributed by atoms with van der Waals surface area (Å²) in [5, 5.41) is 0. The number of nitrogens with zero attached hydrogens (tertiary/aromatic N) is 1. The number of aromatic nitrogens is 1. The van der Waals surface area contributed by atoms with Crippen LogP contribution < -0.4 is 0 Å². The van der Waals surface area contributed by atoms with Gasteiger partial charge >= 0.3 is 5.97 Å². The van der Waals surface area contributed by atoms with Gasteiger partial charge in [0, 0.05) is 17.3 Å². The summed E-state index contributed by atoms with van der Waals surface area (Å²) in [5.74, 6) is -0.298. The fourth-order valence-electron chi connectivity index (χ4n) is 2.36. The summed E-state index contributed by atoms with van der Waals surface area (Å²) in [4.78, 5) is 11.8. The Balaban J connectivity index is 2.62. The number of carbonyl (C=O) groups excluding carboxylic acids is 1. The Morgan fingerprint density at radius 2 is 1.84 bits per heavy atom. The molecule has 0 atom stereocenters. The molecule has 0 amide bonds. The van der Waals surface area contributed by atoms with Gasteiger partial charge in [0.1, 0.15) is 5.69 Å². The van der Waals surface area contributed by atoms with Crippen molar-refractivity contribution in [1.82, 2.24) is 4.57 Å². The Kier molecular flexibility index (Phi) is 3.74. The molecule has 1 aromatic heterocycles. The van der Waals surface area contributed by atoms with Crippen LogP contribution in [0.3, 0.4) is 0 Å². The maximum Gasteiger partial charge on any atom is 0.354 e. The van der Waals surface area contributed by atoms with E-state index in [0.29, 0.717) is 5.69 Å². The molecule has 2 aromatic rings. The van der Waals surface area contributed by atoms with E-state index in [0.717, 1.165) is 11.3 Å². The minimum Gasteiger partial charge on any atom is -0.464 e. The third kappa shape index (κ3) is 2.41. The van der Waals surface area contributed by atoms with E-state index in [9.17, 15) is 4.79 Å². The van der Waals surface area contributed by atoms with Crippen molar-refractivity contribution in [3.8, 4) is 11.3 Å². The quantitative estimate of drug-likeness (QED) is 0.782. The van der Waals surface area contributed by atoms with Crippen molar-refractivity contribution < 1.29 is 9.53 Å². The number of rotatable bonds is 3. The second kappa shape index (κ2) is 5.31. The van der Waals surface area contributed by atoms with Gasteiger partial charge in [0.25, 0.3) is 0 Å². The SMILES string of the molecule is COC(=O)c1ccc(-c2ccccc2C)n1C(C)C. The van der Waals surface area contributed by atoms with E-state index >= 15 is 0 Å². The van der Waals surface area contributed by atoms with Crippen molar-refractivity contribution in [3.63, 3.8) is 0 Å². The van der Waals surface area contributed by atoms with Crippen LogP contribution in [-0.2, 0) is 4.74 Å². The molecule has 100 valence electrons. The zero-order valence-corrected chi connectivity index (χ0v) is 11.8. The number of methoxy groups -OCH3 is 1. The van der Waals surface area contributed by atoms with Crippen LogP contribution >= 0.6 is 0 Å². The highest BCUT2D eigenvalue weighted by atomic mass is 16.5. The first-order valence-electron chi connectivity index (χ1n) is 6.41. The number of hydrogen-bond acceptors (Lipinski definition) is 2. The summed E-state index contributed by atoms with van der Waals surface area (Å²) in [6, 6.07) is 12.2. The topological polar surface area (TPSA) is 31.2 Å². The van der Waals surface area contributed by atoms with Crippen LogP contribution in [0.2, 0.25) is 0 Å². The molecule has 1 aromatic carbocycles. The molecule has 0 fully saturated rings. The van der Waals surface area contributed by atoms with Crippen LogP contribution in [0.15, 0.2) is 36.4 Å². The summed E-state index contributed by atoms with van der Waals surface area (Å²) in [6.45, 7) is 6.20. The lowest BCUT2D eigenvalue weighted by atomic mass is 10.1. The standard InChI is InChI=1S/C16H19NO2/c1-11(2)17-14(9-10-15(17)16(18)19-4)13-8-6-5-7-12(13)3/h5-11H,1-4H3. The summed E-state index contributed by atoms with van der Waals surface area (Å²) in [5.41, 5.74) is 3.98. The minimum absolute atomic E-state index is 0.193. The van der Waals surface area contributed by atoms with Crippen molar-refractivity contribution in [1.29, 1.82) is 0 Å². The number of hydrogen-bond donors (Lipinski definition) is 0. The molecule has 0 saturated carbocycles. The van der Waals surface area contributed by atoms with Crippen LogP contribution in [0.4, 0.5) is 0 Å². The van der Waals surface area contributed by atoms with Gasteiger partial charge in [0.05, 0.1) is 7.11 Å². The van der Waals surface area contributed by atoms with Gasteiger partial charge in [-0.15, -0.1) is 0 Å². The molecule has 0 unspecified atom stereocenters. The van der Waals surface area contributed by atoms with Gasteiger partial charge in [-0.2, -0.15) is 0 Å². The molecule has 19 heavy (non-hydrogen) atoms. The zero-order chi connectivity index (χ0) is 14.0. The molecule has 0 spiro atoms. The van der Waals surface area contributed by atoms with Gasteiger partial charge < -0.3 is 9.30 Å². The van der Waals surface area contributed by atoms with Crippen molar-refractivity contribution in [2.45, 2.75) is 26.8 Å². The second-order valence-corrected chi connectivity index (χ2v) is 4.87. The van der Waals surface area contributed by atoms with Crippen molar-refractivity contribution in [3.05, 3.63) is 47.7 Å². The monoisotopic (exact) mass is 257 g/mol. The Morgan fingerprint density at radius 3 is 2.42 bits per heavy atom. The van der Waals surface area contributed by atoms with E-state index in [-0.39, 0.29) is 12.0 Å². The predicted molar refractivity (Wildman–Crippen MR) is 76.3 cm³/mol. The Morgan fingerprint density at radius 1 is 1.16 bits per heavy atom. The van der Waals surface area contributed by atoms with E-state index in [2.05, 4.69) is 32.9 Å². The molecule has 0 radical (unpaired) electrons. The van der Waals surface area contributed by atoms with Crippen LogP contribution in [0.1, 0.15) is 35.9 Å². The molecule has 0 bridgehead atoms. The highest BCUT2D eigenvalue weighted by molar-refractivity contribution is 5.89. The summed E-state index contributed by atoms with van der Waals surface area (Å²) < 4.78 is 6.87. The van der Waals surface area contributed by atoms with Crippen LogP contribution in [0.5, 0.6) is 0 Å². The molecule has 0 aliphatic carbocycles. The highest BCUT2D eigenvalue weighted by Gasteiger charge is 2.18. The molecule has 1 heterocycles. The lowest BCUT2D eigenvalue weighted by Gasteiger charge is -2.17. The van der Waals surface area contributed by atoms with Gasteiger partial charge in [-0.05, 0) is 38.5 Å². The molecular formula is C16H19NO2. The third-order valence-electron chi connectivity index (χ3n) is 3.25. The van der Waals surface area contributed by atoms with Gasteiger partial charge in [0.2, 0.25) is 0 Å². The number of ether oxygens (including phenoxy) is 1. The minimum atomic E-state index is -0.298. The second-order valence-electron chi connectivity index (χ2n) is 4.87. The molecule has 3 nitrogen and oxygen atoms in total. The van der Waals surface area contributed by atoms with E-state index in [1.165, 1.54) is 12.7 Å². The lowest BCUT2D eigenvalue weighted by molar-refractivity contribution is 0.0587. The predicted octanol–water partition coefficient (Wildman–Crippen LogP) is 3.83. The number of benzene rings is 1. The van der Waals surface area contributed by atoms with Crippen molar-refractivity contribution in [2.24, 2.45) is 0 Å². The molecule has 2 rings (SSSR count). The first-order valence-corrected chi connectivity index (χ1v) is 6.41. The number of carbonyl (C=O) groups is 1. The normalized spacial score (nSPS) is 10.8. The van der Waals surface area contributed by atoms with Gasteiger partial charge in [-0.1, -0.05) is 24.3 Å². The van der Waals surface area contributed by atoms with E-state index < -0.39 is 0 Å². The molecular weight excluding hydrogens is 238 g/mol. The van der Waals surface area contributed by atoms with Gasteiger partial charge in [0.15, 0.2) is 0 Å². The number of aryl methyl sites for hydroxylation is 1. The summed E-state index contributed by atoms with van der Waals surface area (Å²) in [7, 11) is 1.41. The summed E-state index contributed by atoms with van der Waals surface area (Å²) in [6.07, 6.45) is 0. The average Bonchev–Trinajstić information content (AvgIpc) is 2.83. The van der Waals surface area contributed by atoms with Crippen LogP contribution in [0, 0.1) is 6.92 Å². The van der Waals surface area contributed by atoms with E-state index in [1.807, 2.05) is 28.8 Å². The maximum atomic E-state index is 11.8. The van der Waals surface area contributed by atoms with Crippen molar-refractivity contribution in [2.75, 3.05) is 7.11 Å². The molecule has 0 N–H and O–H groups in total. The van der Waals surface area contributed by atoms with Crippen LogP contribution in [-0.4, -0.2) is 17.6 Å². The largest absolute Gasteiger partial charge is 0.464 e. The average molecular weight is 257 g/mol. The lowest BCUT2D eigenvalue weighted by Crippen LogP contribution is -2.13. The Hall–Kier alpha value is -2.03. The fraction of sp³-hybridized carbons (Fsp3) is 0.312. The Bertz CT molecular complexity index is 597. The first kappa shape index (κ1) is 13.4. The van der Waals surface area contributed by atoms with Gasteiger partial charge in [-0.25, -0.2) is 4.79 Å². The molecule has 0 aliphatic heterocycles. The van der Waals surface area contributed by atoms with Crippen LogP contribution in [0.25, 0.3) is 11.3 Å². The molecule has 0 saturated heterocycles. The first-order chi connectivity index (χ1) is 9.06. The van der Waals surface area contributed by atoms with Crippen molar-refractivity contribution >= 4 is 5.97 Å². The molecule has 3 heteroatoms. The third-order valence-corrected chi connectivity index (χ3v) is 3.25. The van der Waals surface area contributed by atoms with E-state index in [1.54, 1.807) is 0 Å². The summed E-state index contributed by atoms with van der Waals surface area (Å²) >= 11 is 0. The molecule has 0 aliphatic rings.